The van der Waals surface area contributed by atoms with Gasteiger partial charge in [-0.15, -0.1) is 0 Å². The second-order valence-corrected chi connectivity index (χ2v) is 6.80. The number of carbonyl (C=O) groups excluding carboxylic acids is 1. The molecule has 0 saturated carbocycles. The van der Waals surface area contributed by atoms with Crippen LogP contribution in [0.4, 0.5) is 13.2 Å². The number of ether oxygens (including phenoxy) is 1. The van der Waals surface area contributed by atoms with Crippen molar-refractivity contribution in [3.05, 3.63) is 88.0 Å². The van der Waals surface area contributed by atoms with E-state index in [-0.39, 0.29) is 17.5 Å². The summed E-state index contributed by atoms with van der Waals surface area (Å²) < 4.78 is 46.3. The summed E-state index contributed by atoms with van der Waals surface area (Å²) in [5, 5.41) is -0.757. The van der Waals surface area contributed by atoms with Crippen molar-refractivity contribution in [2.24, 2.45) is 0 Å². The van der Waals surface area contributed by atoms with Gasteiger partial charge < -0.3 is 4.74 Å². The summed E-state index contributed by atoms with van der Waals surface area (Å²) in [4.78, 5) is 15.0. The van der Waals surface area contributed by atoms with Crippen molar-refractivity contribution < 1.29 is 22.7 Å². The van der Waals surface area contributed by atoms with Crippen molar-refractivity contribution >= 4 is 17.4 Å². The third kappa shape index (κ3) is 3.24. The lowest BCUT2D eigenvalue weighted by molar-refractivity contribution is 0.0969. The van der Waals surface area contributed by atoms with Gasteiger partial charge in [-0.25, -0.2) is 0 Å². The normalized spacial score (nSPS) is 16.0. The van der Waals surface area contributed by atoms with Gasteiger partial charge in [0.1, 0.15) is 10.8 Å². The lowest BCUT2D eigenvalue weighted by atomic mass is 9.78. The number of fused-ring (bicyclic) bond motifs is 1. The molecule has 0 fully saturated rings. The fourth-order valence-electron chi connectivity index (χ4n) is 3.42. The molecular weight excluding hydrogens is 391 g/mol. The topological polar surface area (TPSA) is 39.2 Å². The van der Waals surface area contributed by atoms with Gasteiger partial charge in [-0.05, 0) is 35.7 Å². The zero-order chi connectivity index (χ0) is 19.8. The number of hydrogen-bond acceptors (Lipinski definition) is 3. The van der Waals surface area contributed by atoms with Crippen molar-refractivity contribution in [1.29, 1.82) is 0 Å². The van der Waals surface area contributed by atoms with Crippen LogP contribution < -0.4 is 4.74 Å². The molecule has 1 atom stereocenters. The summed E-state index contributed by atoms with van der Waals surface area (Å²) in [6.07, 6.45) is 1.03. The number of halogens is 4. The zero-order valence-electron chi connectivity index (χ0n) is 14.4. The summed E-state index contributed by atoms with van der Waals surface area (Å²) in [5.74, 6) is -5.23. The molecule has 4 rings (SSSR count). The minimum absolute atomic E-state index is 0.000978. The monoisotopic (exact) mass is 403 g/mol. The standard InChI is InChI=1S/C21H13ClF3NO2/c22-17-19(18(23)21(25)26-20(17)24)28-12-6-7-14-15(10-12)13(8-9-16(14)27)11-4-2-1-3-5-11/h1-7,10,13H,8-9H2/t13-/m1/s1. The first kappa shape index (κ1) is 18.5. The lowest BCUT2D eigenvalue weighted by Crippen LogP contribution is -2.16. The molecule has 0 N–H and O–H groups in total. The fraction of sp³-hybridized carbons (Fsp3) is 0.143. The van der Waals surface area contributed by atoms with Crippen LogP contribution in [-0.4, -0.2) is 10.8 Å². The number of Topliss-reactive ketones (excluding diaryl/α,β-unsaturated/α-hetero) is 1. The number of nitrogens with zero attached hydrogens (tertiary/aromatic N) is 1. The fourth-order valence-corrected chi connectivity index (χ4v) is 3.58. The van der Waals surface area contributed by atoms with Crippen LogP contribution in [-0.2, 0) is 0 Å². The van der Waals surface area contributed by atoms with Gasteiger partial charge in [-0.2, -0.15) is 18.2 Å². The summed E-state index contributed by atoms with van der Waals surface area (Å²) in [5.41, 5.74) is 2.29. The van der Waals surface area contributed by atoms with Crippen LogP contribution in [0, 0.1) is 17.7 Å². The minimum Gasteiger partial charge on any atom is -0.452 e. The first-order valence-corrected chi connectivity index (χ1v) is 8.93. The first-order chi connectivity index (χ1) is 13.5. The maximum absolute atomic E-state index is 14.0. The van der Waals surface area contributed by atoms with Gasteiger partial charge in [0.15, 0.2) is 11.5 Å². The Hall–Kier alpha value is -2.86. The average Bonchev–Trinajstić information content (AvgIpc) is 2.70. The smallest absolute Gasteiger partial charge is 0.255 e. The molecule has 0 bridgehead atoms. The second kappa shape index (κ2) is 7.28. The number of aromatic nitrogens is 1. The van der Waals surface area contributed by atoms with E-state index in [9.17, 15) is 18.0 Å². The number of hydrogen-bond donors (Lipinski definition) is 0. The number of benzene rings is 2. The molecule has 7 heteroatoms. The minimum atomic E-state index is -1.65. The molecule has 0 radical (unpaired) electrons. The van der Waals surface area contributed by atoms with E-state index in [0.29, 0.717) is 24.0 Å². The molecule has 0 amide bonds. The maximum Gasteiger partial charge on any atom is 0.255 e. The molecule has 28 heavy (non-hydrogen) atoms. The molecule has 0 saturated heterocycles. The Morgan fingerprint density at radius 2 is 1.79 bits per heavy atom. The molecule has 1 aliphatic carbocycles. The molecule has 2 aromatic carbocycles. The number of ketones is 1. The van der Waals surface area contributed by atoms with E-state index in [0.717, 1.165) is 5.56 Å². The van der Waals surface area contributed by atoms with Gasteiger partial charge >= 0.3 is 0 Å². The van der Waals surface area contributed by atoms with Gasteiger partial charge in [0.05, 0.1) is 0 Å². The van der Waals surface area contributed by atoms with Crippen molar-refractivity contribution in [2.45, 2.75) is 18.8 Å². The highest BCUT2D eigenvalue weighted by Crippen LogP contribution is 2.40. The van der Waals surface area contributed by atoms with Crippen LogP contribution in [0.2, 0.25) is 5.02 Å². The SMILES string of the molecule is O=C1CC[C@H](c2ccccc2)c2cc(Oc3c(F)c(F)nc(F)c3Cl)ccc21. The molecular formula is C21H13ClF3NO2. The highest BCUT2D eigenvalue weighted by Gasteiger charge is 2.28. The van der Waals surface area contributed by atoms with Gasteiger partial charge in [0.2, 0.25) is 11.8 Å². The number of pyridine rings is 1. The molecule has 1 heterocycles. The van der Waals surface area contributed by atoms with Crippen molar-refractivity contribution in [3.8, 4) is 11.5 Å². The Labute approximate surface area is 163 Å². The van der Waals surface area contributed by atoms with Crippen LogP contribution >= 0.6 is 11.6 Å². The van der Waals surface area contributed by atoms with E-state index in [2.05, 4.69) is 4.98 Å². The maximum atomic E-state index is 14.0. The number of carbonyl (C=O) groups is 1. The van der Waals surface area contributed by atoms with E-state index >= 15 is 0 Å². The lowest BCUT2D eigenvalue weighted by Gasteiger charge is -2.25. The van der Waals surface area contributed by atoms with Gasteiger partial charge in [-0.1, -0.05) is 41.9 Å². The van der Waals surface area contributed by atoms with E-state index in [1.165, 1.54) is 6.07 Å². The van der Waals surface area contributed by atoms with Gasteiger partial charge in [0, 0.05) is 17.9 Å². The van der Waals surface area contributed by atoms with E-state index in [1.54, 1.807) is 12.1 Å². The third-order valence-electron chi connectivity index (χ3n) is 4.74. The Bertz CT molecular complexity index is 1050. The van der Waals surface area contributed by atoms with E-state index < -0.39 is 28.5 Å². The Balaban J connectivity index is 1.77. The van der Waals surface area contributed by atoms with Gasteiger partial charge in [-0.3, -0.25) is 4.79 Å². The first-order valence-electron chi connectivity index (χ1n) is 8.55. The van der Waals surface area contributed by atoms with Crippen LogP contribution in [0.15, 0.2) is 48.5 Å². The summed E-state index contributed by atoms with van der Waals surface area (Å²) >= 11 is 5.69. The quantitative estimate of drug-likeness (QED) is 0.499. The summed E-state index contributed by atoms with van der Waals surface area (Å²) in [6, 6.07) is 14.2. The average molecular weight is 404 g/mol. The Kier molecular flexibility index (Phi) is 4.81. The molecule has 1 aromatic heterocycles. The molecule has 0 aliphatic heterocycles. The van der Waals surface area contributed by atoms with E-state index in [1.807, 2.05) is 30.3 Å². The van der Waals surface area contributed by atoms with Gasteiger partial charge in [0.25, 0.3) is 5.95 Å². The Morgan fingerprint density at radius 1 is 1.04 bits per heavy atom. The van der Waals surface area contributed by atoms with E-state index in [4.69, 9.17) is 16.3 Å². The van der Waals surface area contributed by atoms with Crippen LogP contribution in [0.1, 0.15) is 40.2 Å². The highest BCUT2D eigenvalue weighted by atomic mass is 35.5. The Morgan fingerprint density at radius 3 is 2.54 bits per heavy atom. The second-order valence-electron chi connectivity index (χ2n) is 6.43. The van der Waals surface area contributed by atoms with Crippen molar-refractivity contribution in [2.75, 3.05) is 0 Å². The molecule has 0 spiro atoms. The predicted molar refractivity (Wildman–Crippen MR) is 97.5 cm³/mol. The largest absolute Gasteiger partial charge is 0.452 e. The summed E-state index contributed by atoms with van der Waals surface area (Å²) in [7, 11) is 0. The third-order valence-corrected chi connectivity index (χ3v) is 5.07. The van der Waals surface area contributed by atoms with Crippen LogP contribution in [0.5, 0.6) is 11.5 Å². The molecule has 0 unspecified atom stereocenters. The summed E-state index contributed by atoms with van der Waals surface area (Å²) in [6.45, 7) is 0. The van der Waals surface area contributed by atoms with Crippen molar-refractivity contribution in [3.63, 3.8) is 0 Å². The molecule has 3 nitrogen and oxygen atoms in total. The molecule has 3 aromatic rings. The zero-order valence-corrected chi connectivity index (χ0v) is 15.1. The molecule has 142 valence electrons. The highest BCUT2D eigenvalue weighted by molar-refractivity contribution is 6.32. The number of rotatable bonds is 3. The van der Waals surface area contributed by atoms with Crippen LogP contribution in [0.3, 0.4) is 0 Å². The molecule has 1 aliphatic rings. The predicted octanol–water partition coefficient (Wildman–Crippen LogP) is 6.05. The van der Waals surface area contributed by atoms with Crippen molar-refractivity contribution in [1.82, 2.24) is 4.98 Å². The van der Waals surface area contributed by atoms with Crippen LogP contribution in [0.25, 0.3) is 0 Å².